The van der Waals surface area contributed by atoms with E-state index in [4.69, 9.17) is 0 Å². The van der Waals surface area contributed by atoms with Gasteiger partial charge in [0.2, 0.25) is 0 Å². The number of nitrogens with zero attached hydrogens (tertiary/aromatic N) is 3. The number of rotatable bonds is 4. The molecule has 100 valence electrons. The van der Waals surface area contributed by atoms with Crippen LogP contribution in [0.2, 0.25) is 0 Å². The second-order valence-electron chi connectivity index (χ2n) is 4.62. The molecule has 2 rings (SSSR count). The van der Waals surface area contributed by atoms with Gasteiger partial charge < -0.3 is 4.57 Å². The van der Waals surface area contributed by atoms with Gasteiger partial charge in [-0.1, -0.05) is 29.5 Å². The van der Waals surface area contributed by atoms with Gasteiger partial charge in [0.1, 0.15) is 5.82 Å². The van der Waals surface area contributed by atoms with E-state index in [0.29, 0.717) is 5.75 Å². The zero-order valence-corrected chi connectivity index (χ0v) is 12.4. The first kappa shape index (κ1) is 13.8. The highest BCUT2D eigenvalue weighted by Gasteiger charge is 2.12. The van der Waals surface area contributed by atoms with Gasteiger partial charge in [0, 0.05) is 12.6 Å². The van der Waals surface area contributed by atoms with Crippen LogP contribution in [0.3, 0.4) is 0 Å². The van der Waals surface area contributed by atoms with Gasteiger partial charge in [0.05, 0.1) is 5.75 Å². The fraction of sp³-hybridized carbons (Fsp3) is 0.357. The summed E-state index contributed by atoms with van der Waals surface area (Å²) in [6, 6.07) is 5.95. The molecule has 0 saturated carbocycles. The average Bonchev–Trinajstić information content (AvgIpc) is 2.70. The van der Waals surface area contributed by atoms with Gasteiger partial charge in [0.25, 0.3) is 0 Å². The van der Waals surface area contributed by atoms with Crippen molar-refractivity contribution in [2.45, 2.75) is 25.9 Å². The van der Waals surface area contributed by atoms with E-state index in [1.807, 2.05) is 50.6 Å². The van der Waals surface area contributed by atoms with Gasteiger partial charge in [-0.2, -0.15) is 0 Å². The second kappa shape index (κ2) is 5.57. The number of hydrogen-bond acceptors (Lipinski definition) is 4. The van der Waals surface area contributed by atoms with Gasteiger partial charge in [-0.3, -0.25) is 4.79 Å². The van der Waals surface area contributed by atoms with E-state index >= 15 is 0 Å². The minimum absolute atomic E-state index is 0.131. The number of benzene rings is 1. The highest BCUT2D eigenvalue weighted by atomic mass is 32.2. The third kappa shape index (κ3) is 3.04. The standard InChI is InChI=1S/C14H17N3OS/c1-9-5-6-10(2)12(7-9)13(18)8-19-14-16-15-11(3)17(14)4/h5-7H,8H2,1-4H3. The fourth-order valence-electron chi connectivity index (χ4n) is 1.76. The summed E-state index contributed by atoms with van der Waals surface area (Å²) < 4.78 is 1.89. The van der Waals surface area contributed by atoms with Gasteiger partial charge >= 0.3 is 0 Å². The molecule has 0 fully saturated rings. The number of Topliss-reactive ketones (excluding diaryl/α,β-unsaturated/α-hetero) is 1. The molecule has 1 heterocycles. The average molecular weight is 275 g/mol. The molecule has 0 atom stereocenters. The number of carbonyl (C=O) groups excluding carboxylic acids is 1. The molecule has 0 saturated heterocycles. The van der Waals surface area contributed by atoms with Crippen molar-refractivity contribution < 1.29 is 4.79 Å². The lowest BCUT2D eigenvalue weighted by atomic mass is 10.0. The molecular formula is C14H17N3OS. The van der Waals surface area contributed by atoms with Crippen molar-refractivity contribution in [2.75, 3.05) is 5.75 Å². The smallest absolute Gasteiger partial charge is 0.191 e. The van der Waals surface area contributed by atoms with Crippen molar-refractivity contribution in [1.29, 1.82) is 0 Å². The lowest BCUT2D eigenvalue weighted by molar-refractivity contribution is 0.102. The Morgan fingerprint density at radius 1 is 1.26 bits per heavy atom. The number of ketones is 1. The summed E-state index contributed by atoms with van der Waals surface area (Å²) in [6.07, 6.45) is 0. The normalized spacial score (nSPS) is 10.7. The first-order chi connectivity index (χ1) is 8.99. The first-order valence-corrected chi connectivity index (χ1v) is 7.07. The van der Waals surface area contributed by atoms with Crippen LogP contribution in [0.25, 0.3) is 0 Å². The molecule has 4 nitrogen and oxygen atoms in total. The molecule has 19 heavy (non-hydrogen) atoms. The second-order valence-corrected chi connectivity index (χ2v) is 5.56. The van der Waals surface area contributed by atoms with Gasteiger partial charge in [-0.15, -0.1) is 10.2 Å². The zero-order chi connectivity index (χ0) is 14.0. The van der Waals surface area contributed by atoms with E-state index in [-0.39, 0.29) is 5.78 Å². The van der Waals surface area contributed by atoms with Crippen LogP contribution >= 0.6 is 11.8 Å². The summed E-state index contributed by atoms with van der Waals surface area (Å²) in [6.45, 7) is 5.85. The van der Waals surface area contributed by atoms with Crippen LogP contribution in [0.4, 0.5) is 0 Å². The molecule has 1 aromatic carbocycles. The predicted octanol–water partition coefficient (Wildman–Crippen LogP) is 2.72. The minimum Gasteiger partial charge on any atom is -0.309 e. The Balaban J connectivity index is 2.09. The summed E-state index contributed by atoms with van der Waals surface area (Å²) in [5, 5.41) is 8.80. The van der Waals surface area contributed by atoms with Crippen LogP contribution < -0.4 is 0 Å². The predicted molar refractivity (Wildman–Crippen MR) is 76.7 cm³/mol. The van der Waals surface area contributed by atoms with Crippen LogP contribution in [0.1, 0.15) is 27.3 Å². The van der Waals surface area contributed by atoms with Crippen molar-refractivity contribution in [3.05, 3.63) is 40.7 Å². The maximum Gasteiger partial charge on any atom is 0.191 e. The Labute approximate surface area is 117 Å². The van der Waals surface area contributed by atoms with Crippen molar-refractivity contribution in [3.8, 4) is 0 Å². The molecule has 1 aromatic heterocycles. The van der Waals surface area contributed by atoms with Gasteiger partial charge in [0.15, 0.2) is 10.9 Å². The molecule has 0 aliphatic rings. The Kier molecular flexibility index (Phi) is 4.04. The van der Waals surface area contributed by atoms with E-state index < -0.39 is 0 Å². The number of aryl methyl sites for hydroxylation is 3. The molecule has 0 aliphatic heterocycles. The molecule has 0 radical (unpaired) electrons. The fourth-order valence-corrected chi connectivity index (χ4v) is 2.60. The van der Waals surface area contributed by atoms with Gasteiger partial charge in [-0.25, -0.2) is 0 Å². The van der Waals surface area contributed by atoms with Crippen molar-refractivity contribution >= 4 is 17.5 Å². The van der Waals surface area contributed by atoms with E-state index in [1.165, 1.54) is 11.8 Å². The topological polar surface area (TPSA) is 47.8 Å². The number of hydrogen-bond donors (Lipinski definition) is 0. The third-order valence-electron chi connectivity index (χ3n) is 3.08. The quantitative estimate of drug-likeness (QED) is 0.636. The molecule has 0 N–H and O–H groups in total. The summed E-state index contributed by atoms with van der Waals surface area (Å²) in [5.74, 6) is 1.37. The Hall–Kier alpha value is -1.62. The molecule has 5 heteroatoms. The first-order valence-electron chi connectivity index (χ1n) is 6.08. The highest BCUT2D eigenvalue weighted by Crippen LogP contribution is 2.19. The molecule has 0 amide bonds. The highest BCUT2D eigenvalue weighted by molar-refractivity contribution is 7.99. The zero-order valence-electron chi connectivity index (χ0n) is 11.6. The SMILES string of the molecule is Cc1ccc(C)c(C(=O)CSc2nnc(C)n2C)c1. The van der Waals surface area contributed by atoms with Crippen molar-refractivity contribution in [2.24, 2.45) is 7.05 Å². The molecule has 0 bridgehead atoms. The lowest BCUT2D eigenvalue weighted by Gasteiger charge is -2.06. The maximum absolute atomic E-state index is 12.2. The van der Waals surface area contributed by atoms with E-state index in [0.717, 1.165) is 27.7 Å². The lowest BCUT2D eigenvalue weighted by Crippen LogP contribution is -2.06. The molecule has 0 spiro atoms. The number of aromatic nitrogens is 3. The largest absolute Gasteiger partial charge is 0.309 e. The Morgan fingerprint density at radius 2 is 2.00 bits per heavy atom. The monoisotopic (exact) mass is 275 g/mol. The van der Waals surface area contributed by atoms with Gasteiger partial charge in [-0.05, 0) is 32.4 Å². The molecular weight excluding hydrogens is 258 g/mol. The number of carbonyl (C=O) groups is 1. The summed E-state index contributed by atoms with van der Waals surface area (Å²) in [5.41, 5.74) is 2.92. The van der Waals surface area contributed by atoms with E-state index in [9.17, 15) is 4.79 Å². The minimum atomic E-state index is 0.131. The molecule has 0 unspecified atom stereocenters. The van der Waals surface area contributed by atoms with Crippen LogP contribution in [0.15, 0.2) is 23.4 Å². The maximum atomic E-state index is 12.2. The third-order valence-corrected chi connectivity index (χ3v) is 4.10. The van der Waals surface area contributed by atoms with E-state index in [1.54, 1.807) is 0 Å². The number of thioether (sulfide) groups is 1. The van der Waals surface area contributed by atoms with E-state index in [2.05, 4.69) is 10.2 Å². The Morgan fingerprint density at radius 3 is 2.63 bits per heavy atom. The summed E-state index contributed by atoms with van der Waals surface area (Å²) >= 11 is 1.43. The molecule has 2 aromatic rings. The van der Waals surface area contributed by atoms with Crippen LogP contribution in [0, 0.1) is 20.8 Å². The van der Waals surface area contributed by atoms with Crippen molar-refractivity contribution in [1.82, 2.24) is 14.8 Å². The van der Waals surface area contributed by atoms with Crippen LogP contribution in [-0.4, -0.2) is 26.3 Å². The summed E-state index contributed by atoms with van der Waals surface area (Å²) in [7, 11) is 1.90. The molecule has 0 aliphatic carbocycles. The Bertz CT molecular complexity index is 619. The summed E-state index contributed by atoms with van der Waals surface area (Å²) in [4.78, 5) is 12.2. The van der Waals surface area contributed by atoms with Crippen LogP contribution in [0.5, 0.6) is 0 Å². The van der Waals surface area contributed by atoms with Crippen molar-refractivity contribution in [3.63, 3.8) is 0 Å². The van der Waals surface area contributed by atoms with Crippen LogP contribution in [-0.2, 0) is 7.05 Å².